The van der Waals surface area contributed by atoms with E-state index in [1.807, 2.05) is 13.0 Å². The minimum atomic E-state index is -0.235. The number of hydrogen-bond donors (Lipinski definition) is 1. The number of benzene rings is 1. The second kappa shape index (κ2) is 5.15. The maximum atomic E-state index is 13.3. The molecule has 0 spiro atoms. The van der Waals surface area contributed by atoms with Gasteiger partial charge in [0, 0.05) is 11.0 Å². The zero-order chi connectivity index (χ0) is 10.6. The minimum absolute atomic E-state index is 0.235. The Balaban J connectivity index is 2.55. The van der Waals surface area contributed by atoms with Crippen LogP contribution in [0.5, 0.6) is 0 Å². The predicted molar refractivity (Wildman–Crippen MR) is 62.0 cm³/mol. The van der Waals surface area contributed by atoms with Crippen LogP contribution >= 0.6 is 15.9 Å². The Kier molecular flexibility index (Phi) is 4.14. The van der Waals surface area contributed by atoms with E-state index in [0.29, 0.717) is 12.2 Å². The van der Waals surface area contributed by atoms with Gasteiger partial charge in [0.25, 0.3) is 0 Å². The largest absolute Gasteiger partial charge is 0.382 e. The standard InChI is InChI=1S/C11H13BrFN/c1-8(2)5-6-14-11-4-3-9(12)7-10(11)13/h3-4,7,14H,1,5-6H2,2H3. The van der Waals surface area contributed by atoms with E-state index in [0.717, 1.165) is 16.5 Å². The maximum absolute atomic E-state index is 13.3. The topological polar surface area (TPSA) is 12.0 Å². The second-order valence-electron chi connectivity index (χ2n) is 3.26. The van der Waals surface area contributed by atoms with Gasteiger partial charge >= 0.3 is 0 Å². The van der Waals surface area contributed by atoms with Gasteiger partial charge in [0.1, 0.15) is 5.82 Å². The summed E-state index contributed by atoms with van der Waals surface area (Å²) >= 11 is 3.21. The molecule has 76 valence electrons. The van der Waals surface area contributed by atoms with Crippen molar-refractivity contribution in [1.82, 2.24) is 0 Å². The molecule has 1 nitrogen and oxygen atoms in total. The molecular weight excluding hydrogens is 245 g/mol. The summed E-state index contributed by atoms with van der Waals surface area (Å²) in [4.78, 5) is 0. The van der Waals surface area contributed by atoms with Gasteiger partial charge in [-0.25, -0.2) is 4.39 Å². The molecule has 0 atom stereocenters. The summed E-state index contributed by atoms with van der Waals surface area (Å²) in [6.45, 7) is 6.46. The van der Waals surface area contributed by atoms with E-state index in [4.69, 9.17) is 0 Å². The molecule has 1 rings (SSSR count). The summed E-state index contributed by atoms with van der Waals surface area (Å²) in [5.74, 6) is -0.235. The molecule has 0 aliphatic heterocycles. The van der Waals surface area contributed by atoms with Crippen LogP contribution in [0.3, 0.4) is 0 Å². The van der Waals surface area contributed by atoms with Crippen molar-refractivity contribution < 1.29 is 4.39 Å². The first-order chi connectivity index (χ1) is 6.59. The second-order valence-corrected chi connectivity index (χ2v) is 4.17. The lowest BCUT2D eigenvalue weighted by Gasteiger charge is -2.07. The Morgan fingerprint density at radius 3 is 2.86 bits per heavy atom. The highest BCUT2D eigenvalue weighted by Crippen LogP contribution is 2.19. The van der Waals surface area contributed by atoms with Gasteiger partial charge in [0.15, 0.2) is 0 Å². The van der Waals surface area contributed by atoms with Crippen LogP contribution in [-0.2, 0) is 0 Å². The van der Waals surface area contributed by atoms with E-state index < -0.39 is 0 Å². The summed E-state index contributed by atoms with van der Waals surface area (Å²) in [6, 6.07) is 4.98. The molecule has 0 aliphatic carbocycles. The van der Waals surface area contributed by atoms with Gasteiger partial charge < -0.3 is 5.32 Å². The Morgan fingerprint density at radius 1 is 1.57 bits per heavy atom. The first-order valence-electron chi connectivity index (χ1n) is 4.43. The van der Waals surface area contributed by atoms with Crippen LogP contribution in [0.1, 0.15) is 13.3 Å². The molecule has 0 saturated heterocycles. The fourth-order valence-corrected chi connectivity index (χ4v) is 1.38. The molecule has 1 aromatic rings. The fourth-order valence-electron chi connectivity index (χ4n) is 1.04. The molecule has 14 heavy (non-hydrogen) atoms. The normalized spacial score (nSPS) is 9.93. The summed E-state index contributed by atoms with van der Waals surface area (Å²) in [6.07, 6.45) is 0.857. The van der Waals surface area contributed by atoms with Crippen LogP contribution in [0.4, 0.5) is 10.1 Å². The van der Waals surface area contributed by atoms with Crippen LogP contribution < -0.4 is 5.32 Å². The maximum Gasteiger partial charge on any atom is 0.147 e. The summed E-state index contributed by atoms with van der Waals surface area (Å²) in [5, 5.41) is 3.01. The molecule has 0 amide bonds. The van der Waals surface area contributed by atoms with E-state index in [1.165, 1.54) is 6.07 Å². The number of halogens is 2. The third-order valence-electron chi connectivity index (χ3n) is 1.80. The highest BCUT2D eigenvalue weighted by Gasteiger charge is 2.00. The highest BCUT2D eigenvalue weighted by molar-refractivity contribution is 9.10. The van der Waals surface area contributed by atoms with Crippen LogP contribution in [0.25, 0.3) is 0 Å². The van der Waals surface area contributed by atoms with Crippen molar-refractivity contribution in [2.24, 2.45) is 0 Å². The predicted octanol–water partition coefficient (Wildman–Crippen LogP) is 3.97. The minimum Gasteiger partial charge on any atom is -0.382 e. The molecule has 0 fully saturated rings. The Morgan fingerprint density at radius 2 is 2.29 bits per heavy atom. The monoisotopic (exact) mass is 257 g/mol. The van der Waals surface area contributed by atoms with Crippen LogP contribution in [-0.4, -0.2) is 6.54 Å². The molecule has 0 radical (unpaired) electrons. The van der Waals surface area contributed by atoms with Crippen molar-refractivity contribution in [3.63, 3.8) is 0 Å². The van der Waals surface area contributed by atoms with E-state index in [2.05, 4.69) is 27.8 Å². The first kappa shape index (κ1) is 11.2. The van der Waals surface area contributed by atoms with Crippen LogP contribution in [0.2, 0.25) is 0 Å². The third-order valence-corrected chi connectivity index (χ3v) is 2.29. The average Bonchev–Trinajstić information content (AvgIpc) is 2.08. The zero-order valence-electron chi connectivity index (χ0n) is 8.11. The Labute approximate surface area is 92.1 Å². The van der Waals surface area contributed by atoms with Crippen LogP contribution in [0, 0.1) is 5.82 Å². The van der Waals surface area contributed by atoms with Gasteiger partial charge in [0.2, 0.25) is 0 Å². The van der Waals surface area contributed by atoms with Crippen molar-refractivity contribution in [3.05, 3.63) is 40.6 Å². The molecule has 0 unspecified atom stereocenters. The van der Waals surface area contributed by atoms with Crippen molar-refractivity contribution in [3.8, 4) is 0 Å². The van der Waals surface area contributed by atoms with Gasteiger partial charge in [-0.05, 0) is 31.5 Å². The van der Waals surface area contributed by atoms with Gasteiger partial charge in [-0.1, -0.05) is 21.5 Å². The van der Waals surface area contributed by atoms with E-state index in [-0.39, 0.29) is 5.82 Å². The van der Waals surface area contributed by atoms with E-state index >= 15 is 0 Å². The lowest BCUT2D eigenvalue weighted by atomic mass is 10.2. The Bertz CT molecular complexity index is 336. The SMILES string of the molecule is C=C(C)CCNc1ccc(Br)cc1F. The lowest BCUT2D eigenvalue weighted by molar-refractivity contribution is 0.629. The van der Waals surface area contributed by atoms with Crippen molar-refractivity contribution >= 4 is 21.6 Å². The first-order valence-corrected chi connectivity index (χ1v) is 5.22. The molecule has 1 N–H and O–H groups in total. The van der Waals surface area contributed by atoms with Crippen molar-refractivity contribution in [1.29, 1.82) is 0 Å². The van der Waals surface area contributed by atoms with Gasteiger partial charge in [0.05, 0.1) is 5.69 Å². The van der Waals surface area contributed by atoms with Gasteiger partial charge in [-0.15, -0.1) is 6.58 Å². The van der Waals surface area contributed by atoms with Crippen LogP contribution in [0.15, 0.2) is 34.8 Å². The molecule has 0 aromatic heterocycles. The Hall–Kier alpha value is -0.830. The third kappa shape index (κ3) is 3.50. The van der Waals surface area contributed by atoms with Crippen molar-refractivity contribution in [2.75, 3.05) is 11.9 Å². The molecular formula is C11H13BrFN. The highest BCUT2D eigenvalue weighted by atomic mass is 79.9. The van der Waals surface area contributed by atoms with E-state index in [1.54, 1.807) is 6.07 Å². The number of hydrogen-bond acceptors (Lipinski definition) is 1. The van der Waals surface area contributed by atoms with E-state index in [9.17, 15) is 4.39 Å². The molecule has 0 saturated carbocycles. The van der Waals surface area contributed by atoms with Gasteiger partial charge in [-0.3, -0.25) is 0 Å². The fraction of sp³-hybridized carbons (Fsp3) is 0.273. The molecule has 0 aliphatic rings. The number of anilines is 1. The van der Waals surface area contributed by atoms with Gasteiger partial charge in [-0.2, -0.15) is 0 Å². The smallest absolute Gasteiger partial charge is 0.147 e. The molecule has 1 aromatic carbocycles. The van der Waals surface area contributed by atoms with Crippen molar-refractivity contribution in [2.45, 2.75) is 13.3 Å². The zero-order valence-corrected chi connectivity index (χ0v) is 9.70. The molecule has 3 heteroatoms. The summed E-state index contributed by atoms with van der Waals surface area (Å²) < 4.78 is 14.0. The summed E-state index contributed by atoms with van der Waals surface area (Å²) in [7, 11) is 0. The molecule has 0 bridgehead atoms. The average molecular weight is 258 g/mol. The number of nitrogens with one attached hydrogen (secondary N) is 1. The summed E-state index contributed by atoms with van der Waals surface area (Å²) in [5.41, 5.74) is 1.63. The lowest BCUT2D eigenvalue weighted by Crippen LogP contribution is -2.03. The number of rotatable bonds is 4. The molecule has 0 heterocycles. The quantitative estimate of drug-likeness (QED) is 0.806.